The van der Waals surface area contributed by atoms with Crippen molar-refractivity contribution in [3.63, 3.8) is 0 Å². The van der Waals surface area contributed by atoms with Gasteiger partial charge in [-0.25, -0.2) is 0 Å². The first-order valence-electron chi connectivity index (χ1n) is 8.87. The quantitative estimate of drug-likeness (QED) is 0.679. The Morgan fingerprint density at radius 2 is 1.96 bits per heavy atom. The number of benzene rings is 2. The molecule has 26 heavy (non-hydrogen) atoms. The Morgan fingerprint density at radius 1 is 1.08 bits per heavy atom. The minimum atomic E-state index is -0.178. The van der Waals surface area contributed by atoms with Gasteiger partial charge in [-0.1, -0.05) is 29.8 Å². The molecule has 0 radical (unpaired) electrons. The molecule has 0 bridgehead atoms. The molecule has 2 aromatic carbocycles. The minimum absolute atomic E-state index is 0.178. The Morgan fingerprint density at radius 3 is 2.81 bits per heavy atom. The SMILES string of the molecule is Cc1ccc(-c2cc(C(=O)Nc3ccc4c(c3)CCNC4)[nH]n2)c(C)c1. The fraction of sp³-hybridized carbons (Fsp3) is 0.238. The largest absolute Gasteiger partial charge is 0.321 e. The summed E-state index contributed by atoms with van der Waals surface area (Å²) in [5, 5.41) is 13.5. The van der Waals surface area contributed by atoms with Crippen LogP contribution in [-0.4, -0.2) is 22.6 Å². The molecule has 3 N–H and O–H groups in total. The van der Waals surface area contributed by atoms with Gasteiger partial charge in [-0.15, -0.1) is 0 Å². The van der Waals surface area contributed by atoms with Crippen molar-refractivity contribution in [2.45, 2.75) is 26.8 Å². The maximum Gasteiger partial charge on any atom is 0.273 e. The van der Waals surface area contributed by atoms with Crippen molar-refractivity contribution < 1.29 is 4.79 Å². The van der Waals surface area contributed by atoms with Gasteiger partial charge in [0, 0.05) is 17.8 Å². The lowest BCUT2D eigenvalue weighted by molar-refractivity contribution is 0.102. The predicted molar refractivity (Wildman–Crippen MR) is 103 cm³/mol. The van der Waals surface area contributed by atoms with Crippen LogP contribution in [0.1, 0.15) is 32.7 Å². The van der Waals surface area contributed by atoms with Crippen LogP contribution in [0.5, 0.6) is 0 Å². The Labute approximate surface area is 152 Å². The fourth-order valence-corrected chi connectivity index (χ4v) is 3.43. The molecule has 2 heterocycles. The number of aromatic nitrogens is 2. The number of hydrogen-bond donors (Lipinski definition) is 3. The minimum Gasteiger partial charge on any atom is -0.321 e. The standard InChI is InChI=1S/C21H22N4O/c1-13-3-6-18(14(2)9-13)19-11-20(25-24-19)21(26)23-17-5-4-16-12-22-8-7-15(16)10-17/h3-6,9-11,22H,7-8,12H2,1-2H3,(H,23,26)(H,24,25). The molecule has 0 unspecified atom stereocenters. The Bertz CT molecular complexity index is 974. The van der Waals surface area contributed by atoms with Crippen LogP contribution in [0.4, 0.5) is 5.69 Å². The number of rotatable bonds is 3. The zero-order chi connectivity index (χ0) is 18.1. The number of aromatic amines is 1. The van der Waals surface area contributed by atoms with Gasteiger partial charge in [0.1, 0.15) is 5.69 Å². The lowest BCUT2D eigenvalue weighted by Gasteiger charge is -2.17. The summed E-state index contributed by atoms with van der Waals surface area (Å²) in [7, 11) is 0. The van der Waals surface area contributed by atoms with E-state index in [2.05, 4.69) is 58.9 Å². The molecule has 1 aromatic heterocycles. The van der Waals surface area contributed by atoms with Gasteiger partial charge in [-0.3, -0.25) is 9.89 Å². The van der Waals surface area contributed by atoms with Gasteiger partial charge in [-0.05, 0) is 61.7 Å². The lowest BCUT2D eigenvalue weighted by Crippen LogP contribution is -2.23. The number of fused-ring (bicyclic) bond motifs is 1. The van der Waals surface area contributed by atoms with Crippen LogP contribution in [-0.2, 0) is 13.0 Å². The van der Waals surface area contributed by atoms with Gasteiger partial charge in [0.15, 0.2) is 0 Å². The molecule has 0 spiro atoms. The molecular weight excluding hydrogens is 324 g/mol. The molecule has 1 amide bonds. The monoisotopic (exact) mass is 346 g/mol. The Balaban J connectivity index is 1.53. The summed E-state index contributed by atoms with van der Waals surface area (Å²) in [6, 6.07) is 14.1. The van der Waals surface area contributed by atoms with Crippen molar-refractivity contribution in [1.29, 1.82) is 0 Å². The normalized spacial score (nSPS) is 13.3. The van der Waals surface area contributed by atoms with E-state index in [9.17, 15) is 4.79 Å². The Kier molecular flexibility index (Phi) is 4.31. The second kappa shape index (κ2) is 6.77. The van der Waals surface area contributed by atoms with Crippen LogP contribution in [0.2, 0.25) is 0 Å². The summed E-state index contributed by atoms with van der Waals surface area (Å²) in [4.78, 5) is 12.6. The van der Waals surface area contributed by atoms with Crippen LogP contribution < -0.4 is 10.6 Å². The first kappa shape index (κ1) is 16.5. The molecule has 0 saturated carbocycles. The Hall–Kier alpha value is -2.92. The number of anilines is 1. The van der Waals surface area contributed by atoms with Gasteiger partial charge in [0.25, 0.3) is 5.91 Å². The molecular formula is C21H22N4O. The van der Waals surface area contributed by atoms with Gasteiger partial charge in [-0.2, -0.15) is 5.10 Å². The molecule has 5 nitrogen and oxygen atoms in total. The molecule has 0 fully saturated rings. The third kappa shape index (κ3) is 3.26. The van der Waals surface area contributed by atoms with Crippen LogP contribution >= 0.6 is 0 Å². The van der Waals surface area contributed by atoms with Gasteiger partial charge >= 0.3 is 0 Å². The van der Waals surface area contributed by atoms with Crippen molar-refractivity contribution in [3.05, 3.63) is 70.4 Å². The number of aryl methyl sites for hydroxylation is 2. The van der Waals surface area contributed by atoms with E-state index in [4.69, 9.17) is 0 Å². The van der Waals surface area contributed by atoms with Crippen molar-refractivity contribution in [2.75, 3.05) is 11.9 Å². The number of H-pyrrole nitrogens is 1. The van der Waals surface area contributed by atoms with Gasteiger partial charge < -0.3 is 10.6 Å². The maximum atomic E-state index is 12.6. The molecule has 0 atom stereocenters. The van der Waals surface area contributed by atoms with E-state index in [1.54, 1.807) is 6.07 Å². The van der Waals surface area contributed by atoms with Crippen LogP contribution in [0.25, 0.3) is 11.3 Å². The molecule has 4 rings (SSSR count). The highest BCUT2D eigenvalue weighted by Crippen LogP contribution is 2.24. The third-order valence-corrected chi connectivity index (χ3v) is 4.83. The number of nitrogens with zero attached hydrogens (tertiary/aromatic N) is 1. The summed E-state index contributed by atoms with van der Waals surface area (Å²) in [5.41, 5.74) is 8.04. The van der Waals surface area contributed by atoms with Gasteiger partial charge in [0.05, 0.1) is 5.69 Å². The third-order valence-electron chi connectivity index (χ3n) is 4.83. The van der Waals surface area contributed by atoms with Crippen LogP contribution in [0, 0.1) is 13.8 Å². The molecule has 0 aliphatic carbocycles. The molecule has 1 aliphatic rings. The highest BCUT2D eigenvalue weighted by Gasteiger charge is 2.14. The zero-order valence-corrected chi connectivity index (χ0v) is 15.0. The van der Waals surface area contributed by atoms with Crippen molar-refractivity contribution in [3.8, 4) is 11.3 Å². The molecule has 0 saturated heterocycles. The van der Waals surface area contributed by atoms with E-state index in [1.807, 2.05) is 12.1 Å². The zero-order valence-electron chi connectivity index (χ0n) is 15.0. The first-order chi connectivity index (χ1) is 12.6. The number of carbonyl (C=O) groups is 1. The topological polar surface area (TPSA) is 69.8 Å². The number of amides is 1. The van der Waals surface area contributed by atoms with E-state index in [0.717, 1.165) is 42.0 Å². The average Bonchev–Trinajstić information content (AvgIpc) is 3.11. The van der Waals surface area contributed by atoms with E-state index >= 15 is 0 Å². The van der Waals surface area contributed by atoms with Crippen molar-refractivity contribution >= 4 is 11.6 Å². The van der Waals surface area contributed by atoms with E-state index in [-0.39, 0.29) is 5.91 Å². The first-order valence-corrected chi connectivity index (χ1v) is 8.87. The van der Waals surface area contributed by atoms with E-state index in [1.165, 1.54) is 16.7 Å². The molecule has 132 valence electrons. The number of carbonyl (C=O) groups excluding carboxylic acids is 1. The second-order valence-electron chi connectivity index (χ2n) is 6.85. The van der Waals surface area contributed by atoms with Crippen molar-refractivity contribution in [1.82, 2.24) is 15.5 Å². The van der Waals surface area contributed by atoms with E-state index < -0.39 is 0 Å². The highest BCUT2D eigenvalue weighted by molar-refractivity contribution is 6.03. The van der Waals surface area contributed by atoms with E-state index in [0.29, 0.717) is 5.69 Å². The predicted octanol–water partition coefficient (Wildman–Crippen LogP) is 3.59. The fourth-order valence-electron chi connectivity index (χ4n) is 3.43. The average molecular weight is 346 g/mol. The lowest BCUT2D eigenvalue weighted by atomic mass is 10.0. The van der Waals surface area contributed by atoms with Crippen LogP contribution in [0.3, 0.4) is 0 Å². The number of nitrogens with one attached hydrogen (secondary N) is 3. The molecule has 1 aliphatic heterocycles. The van der Waals surface area contributed by atoms with Gasteiger partial charge in [0.2, 0.25) is 0 Å². The summed E-state index contributed by atoms with van der Waals surface area (Å²) < 4.78 is 0. The summed E-state index contributed by atoms with van der Waals surface area (Å²) in [5.74, 6) is -0.178. The highest BCUT2D eigenvalue weighted by atomic mass is 16.1. The number of hydrogen-bond acceptors (Lipinski definition) is 3. The maximum absolute atomic E-state index is 12.6. The summed E-state index contributed by atoms with van der Waals surface area (Å²) in [6.45, 7) is 5.99. The smallest absolute Gasteiger partial charge is 0.273 e. The second-order valence-corrected chi connectivity index (χ2v) is 6.85. The van der Waals surface area contributed by atoms with Crippen LogP contribution in [0.15, 0.2) is 42.5 Å². The summed E-state index contributed by atoms with van der Waals surface area (Å²) in [6.07, 6.45) is 0.986. The molecule has 5 heteroatoms. The van der Waals surface area contributed by atoms with Crippen molar-refractivity contribution in [2.24, 2.45) is 0 Å². The molecule has 3 aromatic rings. The summed E-state index contributed by atoms with van der Waals surface area (Å²) >= 11 is 0.